The lowest BCUT2D eigenvalue weighted by Gasteiger charge is -2.22. The molecular weight excluding hydrogens is 529 g/mol. The van der Waals surface area contributed by atoms with Crippen LogP contribution in [0.15, 0.2) is 59.8 Å². The Morgan fingerprint density at radius 2 is 1.82 bits per heavy atom. The van der Waals surface area contributed by atoms with Crippen LogP contribution in [0.4, 0.5) is 18.9 Å². The summed E-state index contributed by atoms with van der Waals surface area (Å²) in [5.41, 5.74) is 1.75. The van der Waals surface area contributed by atoms with Crippen LogP contribution in [0.5, 0.6) is 5.75 Å². The molecule has 0 aliphatic carbocycles. The highest BCUT2D eigenvalue weighted by atomic mass is 32.2. The number of nitrogens with one attached hydrogen (secondary N) is 1. The molecule has 4 rings (SSSR count). The van der Waals surface area contributed by atoms with Crippen LogP contribution in [-0.2, 0) is 21.4 Å². The minimum Gasteiger partial charge on any atom is -0.497 e. The van der Waals surface area contributed by atoms with Gasteiger partial charge in [-0.3, -0.25) is 9.36 Å². The van der Waals surface area contributed by atoms with Gasteiger partial charge in [0.05, 0.1) is 25.0 Å². The molecule has 1 aliphatic heterocycles. The Morgan fingerprint density at radius 1 is 1.16 bits per heavy atom. The van der Waals surface area contributed by atoms with Gasteiger partial charge in [0.25, 0.3) is 5.91 Å². The fraction of sp³-hybridized carbons (Fsp3) is 0.292. The number of carbonyl (C=O) groups is 2. The fourth-order valence-corrected chi connectivity index (χ4v) is 5.39. The summed E-state index contributed by atoms with van der Waals surface area (Å²) in [5.74, 6) is -2.44. The van der Waals surface area contributed by atoms with Gasteiger partial charge in [-0.2, -0.15) is 17.5 Å². The molecule has 1 aromatic heterocycles. The van der Waals surface area contributed by atoms with E-state index in [2.05, 4.69) is 10.3 Å². The average Bonchev–Trinajstić information content (AvgIpc) is 3.23. The van der Waals surface area contributed by atoms with Crippen molar-refractivity contribution in [1.82, 2.24) is 13.9 Å². The molecule has 1 aliphatic rings. The van der Waals surface area contributed by atoms with Crippen LogP contribution >= 0.6 is 0 Å². The molecule has 0 atom stereocenters. The molecule has 2 aromatic carbocycles. The third-order valence-corrected chi connectivity index (χ3v) is 7.15. The zero-order valence-electron chi connectivity index (χ0n) is 20.6. The van der Waals surface area contributed by atoms with Gasteiger partial charge in [-0.25, -0.2) is 18.2 Å². The van der Waals surface area contributed by atoms with Gasteiger partial charge in [-0.05, 0) is 30.2 Å². The Hall–Kier alpha value is -3.91. The number of sulfonamides is 1. The van der Waals surface area contributed by atoms with Crippen molar-refractivity contribution in [3.05, 3.63) is 66.2 Å². The average molecular weight is 555 g/mol. The molecule has 204 valence electrons. The molecule has 1 amide bonds. The van der Waals surface area contributed by atoms with Crippen LogP contribution in [-0.4, -0.2) is 59.1 Å². The lowest BCUT2D eigenvalue weighted by atomic mass is 10.2. The zero-order chi connectivity index (χ0) is 28.3. The van der Waals surface area contributed by atoms with E-state index in [1.807, 2.05) is 13.8 Å². The number of hydrogen-bond acceptors (Lipinski definition) is 6. The first-order valence-corrected chi connectivity index (χ1v) is 12.6. The number of benzene rings is 2. The molecular formula is C24H25F3N4O6S. The monoisotopic (exact) mass is 554 g/mol. The lowest BCUT2D eigenvalue weighted by molar-refractivity contribution is -0.192. The Morgan fingerprint density at radius 3 is 2.42 bits per heavy atom. The quantitative estimate of drug-likeness (QED) is 0.489. The number of carboxylic acid groups (broad SMARTS) is 1. The van der Waals surface area contributed by atoms with E-state index in [1.54, 1.807) is 60.2 Å². The number of amides is 1. The summed E-state index contributed by atoms with van der Waals surface area (Å²) < 4.78 is 66.7. The summed E-state index contributed by atoms with van der Waals surface area (Å²) in [5, 5.41) is 9.95. The van der Waals surface area contributed by atoms with Crippen LogP contribution in [0.1, 0.15) is 30.0 Å². The Balaban J connectivity index is 0.000000505. The summed E-state index contributed by atoms with van der Waals surface area (Å²) in [7, 11) is -2.17. The van der Waals surface area contributed by atoms with Gasteiger partial charge in [-0.1, -0.05) is 32.0 Å². The van der Waals surface area contributed by atoms with Gasteiger partial charge in [0, 0.05) is 18.3 Å². The van der Waals surface area contributed by atoms with Gasteiger partial charge in [0.15, 0.2) is 5.69 Å². The molecule has 2 heterocycles. The number of rotatable bonds is 5. The molecule has 10 nitrogen and oxygen atoms in total. The first-order valence-electron chi connectivity index (χ1n) is 11.2. The van der Waals surface area contributed by atoms with Crippen molar-refractivity contribution in [2.45, 2.75) is 31.5 Å². The number of aromatic nitrogens is 2. The SMILES string of the molecule is COc1cccc(NC(=O)c2ncn3c2CN(CC(C)C)S(=O)(=O)c2ccccc2-3)c1.O=C(O)C(F)(F)F. The number of carboxylic acids is 1. The van der Waals surface area contributed by atoms with Crippen molar-refractivity contribution in [2.75, 3.05) is 19.0 Å². The van der Waals surface area contributed by atoms with Gasteiger partial charge >= 0.3 is 12.1 Å². The molecule has 14 heteroatoms. The van der Waals surface area contributed by atoms with Gasteiger partial charge < -0.3 is 15.2 Å². The van der Waals surface area contributed by atoms with Crippen molar-refractivity contribution in [3.8, 4) is 11.4 Å². The summed E-state index contributed by atoms with van der Waals surface area (Å²) >= 11 is 0. The van der Waals surface area contributed by atoms with Gasteiger partial charge in [0.1, 0.15) is 17.0 Å². The maximum absolute atomic E-state index is 13.3. The lowest BCUT2D eigenvalue weighted by Crippen LogP contribution is -2.33. The van der Waals surface area contributed by atoms with Gasteiger partial charge in [0.2, 0.25) is 10.0 Å². The molecule has 0 spiro atoms. The van der Waals surface area contributed by atoms with Gasteiger partial charge in [-0.15, -0.1) is 0 Å². The van der Waals surface area contributed by atoms with Crippen LogP contribution in [0, 0.1) is 5.92 Å². The fourth-order valence-electron chi connectivity index (χ4n) is 3.65. The number of anilines is 1. The Kier molecular flexibility index (Phi) is 8.47. The minimum absolute atomic E-state index is 0.0516. The minimum atomic E-state index is -5.08. The highest BCUT2D eigenvalue weighted by Crippen LogP contribution is 2.32. The summed E-state index contributed by atoms with van der Waals surface area (Å²) in [6.45, 7) is 4.30. The molecule has 0 bridgehead atoms. The summed E-state index contributed by atoms with van der Waals surface area (Å²) in [6.07, 6.45) is -3.58. The largest absolute Gasteiger partial charge is 0.497 e. The van der Waals surface area contributed by atoms with E-state index in [1.165, 1.54) is 10.6 Å². The smallest absolute Gasteiger partial charge is 0.490 e. The third kappa shape index (κ3) is 6.31. The second-order valence-corrected chi connectivity index (χ2v) is 10.5. The zero-order valence-corrected chi connectivity index (χ0v) is 21.4. The van der Waals surface area contributed by atoms with Crippen molar-refractivity contribution in [3.63, 3.8) is 0 Å². The van der Waals surface area contributed by atoms with Crippen molar-refractivity contribution in [2.24, 2.45) is 5.92 Å². The second-order valence-electron chi connectivity index (χ2n) is 8.56. The number of methoxy groups -OCH3 is 1. The number of alkyl halides is 3. The molecule has 3 aromatic rings. The van der Waals surface area contributed by atoms with Crippen molar-refractivity contribution >= 4 is 27.6 Å². The summed E-state index contributed by atoms with van der Waals surface area (Å²) in [6, 6.07) is 13.8. The maximum Gasteiger partial charge on any atom is 0.490 e. The molecule has 0 unspecified atom stereocenters. The van der Waals surface area contributed by atoms with Crippen molar-refractivity contribution < 1.29 is 41.0 Å². The predicted molar refractivity (Wildman–Crippen MR) is 131 cm³/mol. The molecule has 0 saturated carbocycles. The predicted octanol–water partition coefficient (Wildman–Crippen LogP) is 3.93. The normalized spacial score (nSPS) is 14.4. The number of imidazole rings is 1. The number of ether oxygens (including phenoxy) is 1. The second kappa shape index (κ2) is 11.2. The molecule has 0 saturated heterocycles. The molecule has 0 fully saturated rings. The highest BCUT2D eigenvalue weighted by Gasteiger charge is 2.38. The maximum atomic E-state index is 13.3. The number of halogens is 3. The Bertz CT molecular complexity index is 1440. The van der Waals surface area contributed by atoms with Crippen LogP contribution < -0.4 is 10.1 Å². The highest BCUT2D eigenvalue weighted by molar-refractivity contribution is 7.89. The number of carbonyl (C=O) groups excluding carboxylic acids is 1. The molecule has 2 N–H and O–H groups in total. The number of aliphatic carboxylic acids is 1. The van der Waals surface area contributed by atoms with E-state index in [0.717, 1.165) is 0 Å². The molecule has 38 heavy (non-hydrogen) atoms. The number of nitrogens with zero attached hydrogens (tertiary/aromatic N) is 3. The third-order valence-electron chi connectivity index (χ3n) is 5.29. The van der Waals surface area contributed by atoms with E-state index in [9.17, 15) is 26.4 Å². The first-order chi connectivity index (χ1) is 17.8. The van der Waals surface area contributed by atoms with Crippen LogP contribution in [0.2, 0.25) is 0 Å². The number of para-hydroxylation sites is 1. The van der Waals surface area contributed by atoms with Crippen molar-refractivity contribution in [1.29, 1.82) is 0 Å². The van der Waals surface area contributed by atoms with E-state index >= 15 is 0 Å². The van der Waals surface area contributed by atoms with E-state index in [0.29, 0.717) is 29.4 Å². The number of hydrogen-bond donors (Lipinski definition) is 2. The van der Waals surface area contributed by atoms with E-state index in [4.69, 9.17) is 14.6 Å². The Labute approximate surface area is 216 Å². The summed E-state index contributed by atoms with van der Waals surface area (Å²) in [4.78, 5) is 26.5. The van der Waals surface area contributed by atoms with Crippen LogP contribution in [0.25, 0.3) is 5.69 Å². The molecule has 0 radical (unpaired) electrons. The van der Waals surface area contributed by atoms with E-state index in [-0.39, 0.29) is 23.1 Å². The van der Waals surface area contributed by atoms with Crippen LogP contribution in [0.3, 0.4) is 0 Å². The number of fused-ring (bicyclic) bond motifs is 3. The topological polar surface area (TPSA) is 131 Å². The standard InChI is InChI=1S/C22H24N4O4S.C2HF3O2/c1-15(2)12-25-13-19-21(22(27)24-16-7-6-8-17(11-16)30-3)23-14-26(19)18-9-4-5-10-20(18)31(25,28)29;3-2(4,5)1(6)7/h4-11,14-15H,12-13H2,1-3H3,(H,24,27);(H,6,7). The first kappa shape index (κ1) is 28.7. The van der Waals surface area contributed by atoms with E-state index < -0.39 is 28.1 Å².